The highest BCUT2D eigenvalue weighted by atomic mass is 16.5. The molecule has 0 atom stereocenters. The van der Waals surface area contributed by atoms with Gasteiger partial charge in [0.25, 0.3) is 5.91 Å². The number of quaternary nitrogens is 1. The summed E-state index contributed by atoms with van der Waals surface area (Å²) < 4.78 is 10.3. The summed E-state index contributed by atoms with van der Waals surface area (Å²) in [7, 11) is 3.52. The van der Waals surface area contributed by atoms with Gasteiger partial charge in [-0.1, -0.05) is 6.07 Å². The summed E-state index contributed by atoms with van der Waals surface area (Å²) >= 11 is 0. The van der Waals surface area contributed by atoms with Crippen LogP contribution < -0.4 is 19.9 Å². The van der Waals surface area contributed by atoms with Gasteiger partial charge in [0.15, 0.2) is 0 Å². The standard InChI is InChI=1S/C22H27N3O4/c1-4-29-18-7-5-6-16(14-18)21(26)23-19-15-17(22(27)28-3)8-9-20(19)25-12-10-24(2)11-13-25/h5-9,14-15H,4,10-13H2,1-3H3,(H,23,26)/p+1. The number of hydrogen-bond donors (Lipinski definition) is 2. The van der Waals surface area contributed by atoms with Gasteiger partial charge in [-0.05, 0) is 43.3 Å². The maximum Gasteiger partial charge on any atom is 0.337 e. The van der Waals surface area contributed by atoms with Gasteiger partial charge in [-0.15, -0.1) is 0 Å². The quantitative estimate of drug-likeness (QED) is 0.721. The van der Waals surface area contributed by atoms with Gasteiger partial charge in [-0.25, -0.2) is 4.79 Å². The molecular weight excluding hydrogens is 370 g/mol. The van der Waals surface area contributed by atoms with Gasteiger partial charge in [0, 0.05) is 5.56 Å². The molecule has 0 saturated carbocycles. The van der Waals surface area contributed by atoms with E-state index < -0.39 is 5.97 Å². The van der Waals surface area contributed by atoms with E-state index in [-0.39, 0.29) is 5.91 Å². The van der Waals surface area contributed by atoms with Crippen molar-refractivity contribution in [2.75, 3.05) is 57.2 Å². The summed E-state index contributed by atoms with van der Waals surface area (Å²) in [6.45, 7) is 6.22. The zero-order valence-corrected chi connectivity index (χ0v) is 17.2. The van der Waals surface area contributed by atoms with Gasteiger partial charge in [-0.3, -0.25) is 4.79 Å². The number of rotatable bonds is 6. The Morgan fingerprint density at radius 3 is 2.55 bits per heavy atom. The second kappa shape index (κ2) is 9.43. The molecule has 2 aromatic rings. The number of ether oxygens (including phenoxy) is 2. The Morgan fingerprint density at radius 2 is 1.86 bits per heavy atom. The number of likely N-dealkylation sites (N-methyl/N-ethyl adjacent to an activating group) is 1. The summed E-state index contributed by atoms with van der Waals surface area (Å²) in [6.07, 6.45) is 0. The first-order chi connectivity index (χ1) is 14.0. The molecule has 0 aromatic heterocycles. The molecule has 7 heteroatoms. The van der Waals surface area contributed by atoms with E-state index in [2.05, 4.69) is 17.3 Å². The van der Waals surface area contributed by atoms with E-state index in [0.717, 1.165) is 31.9 Å². The largest absolute Gasteiger partial charge is 0.494 e. The molecule has 0 spiro atoms. The van der Waals surface area contributed by atoms with Gasteiger partial charge in [0.2, 0.25) is 0 Å². The van der Waals surface area contributed by atoms with E-state index in [0.29, 0.717) is 29.2 Å². The van der Waals surface area contributed by atoms with Crippen LogP contribution >= 0.6 is 0 Å². The first-order valence-electron chi connectivity index (χ1n) is 9.84. The number of benzene rings is 2. The van der Waals surface area contributed by atoms with Crippen molar-refractivity contribution in [1.82, 2.24) is 0 Å². The van der Waals surface area contributed by atoms with Crippen molar-refractivity contribution in [2.24, 2.45) is 0 Å². The van der Waals surface area contributed by atoms with Crippen LogP contribution in [0.15, 0.2) is 42.5 Å². The predicted octanol–water partition coefficient (Wildman–Crippen LogP) is 1.46. The van der Waals surface area contributed by atoms with Crippen molar-refractivity contribution >= 4 is 23.3 Å². The lowest BCUT2D eigenvalue weighted by Crippen LogP contribution is -3.12. The molecule has 1 aliphatic heterocycles. The molecule has 1 aliphatic rings. The van der Waals surface area contributed by atoms with Crippen molar-refractivity contribution in [2.45, 2.75) is 6.92 Å². The number of piperazine rings is 1. The summed E-state index contributed by atoms with van der Waals surface area (Å²) in [5.41, 5.74) is 2.39. The fourth-order valence-electron chi connectivity index (χ4n) is 3.37. The highest BCUT2D eigenvalue weighted by molar-refractivity contribution is 6.07. The second-order valence-electron chi connectivity index (χ2n) is 7.08. The predicted molar refractivity (Wildman–Crippen MR) is 112 cm³/mol. The third-order valence-corrected chi connectivity index (χ3v) is 5.03. The fourth-order valence-corrected chi connectivity index (χ4v) is 3.37. The average molecular weight is 398 g/mol. The Kier molecular flexibility index (Phi) is 6.72. The summed E-state index contributed by atoms with van der Waals surface area (Å²) in [4.78, 5) is 28.6. The zero-order valence-electron chi connectivity index (χ0n) is 17.2. The topological polar surface area (TPSA) is 72.3 Å². The Bertz CT molecular complexity index is 876. The molecule has 7 nitrogen and oxygen atoms in total. The van der Waals surface area contributed by atoms with E-state index in [1.165, 1.54) is 12.0 Å². The SMILES string of the molecule is CCOc1cccc(C(=O)Nc2cc(C(=O)OC)ccc2N2CC[NH+](C)CC2)c1. The Labute approximate surface area is 171 Å². The molecule has 2 aromatic carbocycles. The molecule has 2 N–H and O–H groups in total. The lowest BCUT2D eigenvalue weighted by Gasteiger charge is -2.33. The van der Waals surface area contributed by atoms with Crippen LogP contribution in [-0.4, -0.2) is 58.8 Å². The van der Waals surface area contributed by atoms with E-state index in [4.69, 9.17) is 9.47 Å². The molecule has 0 unspecified atom stereocenters. The lowest BCUT2D eigenvalue weighted by atomic mass is 10.1. The van der Waals surface area contributed by atoms with Gasteiger partial charge in [-0.2, -0.15) is 0 Å². The Balaban J connectivity index is 1.89. The van der Waals surface area contributed by atoms with Gasteiger partial charge < -0.3 is 24.6 Å². The zero-order chi connectivity index (χ0) is 20.8. The van der Waals surface area contributed by atoms with E-state index in [1.54, 1.807) is 30.3 Å². The Morgan fingerprint density at radius 1 is 1.10 bits per heavy atom. The minimum atomic E-state index is -0.437. The van der Waals surface area contributed by atoms with E-state index in [9.17, 15) is 9.59 Å². The monoisotopic (exact) mass is 398 g/mol. The third-order valence-electron chi connectivity index (χ3n) is 5.03. The number of amides is 1. The molecule has 1 amide bonds. The van der Waals surface area contributed by atoms with Gasteiger partial charge in [0.05, 0.1) is 63.9 Å². The maximum absolute atomic E-state index is 12.9. The molecule has 29 heavy (non-hydrogen) atoms. The van der Waals surface area contributed by atoms with Crippen LogP contribution in [-0.2, 0) is 4.74 Å². The van der Waals surface area contributed by atoms with Gasteiger partial charge >= 0.3 is 5.97 Å². The molecule has 3 rings (SSSR count). The molecule has 154 valence electrons. The smallest absolute Gasteiger partial charge is 0.337 e. The molecular formula is C22H28N3O4+. The van der Waals surface area contributed by atoms with Crippen molar-refractivity contribution < 1.29 is 24.0 Å². The number of carbonyl (C=O) groups is 2. The number of nitrogens with one attached hydrogen (secondary N) is 2. The van der Waals surface area contributed by atoms with Crippen LogP contribution in [0.2, 0.25) is 0 Å². The number of carbonyl (C=O) groups excluding carboxylic acids is 2. The first-order valence-corrected chi connectivity index (χ1v) is 9.84. The van der Waals surface area contributed by atoms with Crippen molar-refractivity contribution in [1.29, 1.82) is 0 Å². The minimum Gasteiger partial charge on any atom is -0.494 e. The number of hydrogen-bond acceptors (Lipinski definition) is 5. The van der Waals surface area contributed by atoms with Crippen molar-refractivity contribution in [3.8, 4) is 5.75 Å². The normalized spacial score (nSPS) is 14.4. The van der Waals surface area contributed by atoms with Crippen LogP contribution in [0, 0.1) is 0 Å². The molecule has 1 saturated heterocycles. The number of nitrogens with zero attached hydrogens (tertiary/aromatic N) is 1. The average Bonchev–Trinajstić information content (AvgIpc) is 2.74. The van der Waals surface area contributed by atoms with E-state index in [1.807, 2.05) is 19.1 Å². The van der Waals surface area contributed by atoms with Crippen LogP contribution in [0.3, 0.4) is 0 Å². The van der Waals surface area contributed by atoms with E-state index >= 15 is 0 Å². The van der Waals surface area contributed by atoms with Crippen molar-refractivity contribution in [3.63, 3.8) is 0 Å². The first kappa shape index (κ1) is 20.7. The molecule has 1 fully saturated rings. The fraction of sp³-hybridized carbons (Fsp3) is 0.364. The number of anilines is 2. The Hall–Kier alpha value is -3.06. The summed E-state index contributed by atoms with van der Waals surface area (Å²) in [5, 5.41) is 2.97. The molecule has 1 heterocycles. The van der Waals surface area contributed by atoms with Crippen LogP contribution in [0.4, 0.5) is 11.4 Å². The second-order valence-corrected chi connectivity index (χ2v) is 7.08. The summed E-state index contributed by atoms with van der Waals surface area (Å²) in [6, 6.07) is 12.3. The highest BCUT2D eigenvalue weighted by Crippen LogP contribution is 2.28. The van der Waals surface area contributed by atoms with Crippen LogP contribution in [0.25, 0.3) is 0 Å². The number of esters is 1. The van der Waals surface area contributed by atoms with Gasteiger partial charge in [0.1, 0.15) is 5.75 Å². The number of methoxy groups -OCH3 is 1. The molecule has 0 bridgehead atoms. The summed E-state index contributed by atoms with van der Waals surface area (Å²) in [5.74, 6) is -0.0477. The van der Waals surface area contributed by atoms with Crippen LogP contribution in [0.5, 0.6) is 5.75 Å². The molecule has 0 aliphatic carbocycles. The third kappa shape index (κ3) is 5.06. The lowest BCUT2D eigenvalue weighted by molar-refractivity contribution is -0.880. The van der Waals surface area contributed by atoms with Crippen LogP contribution in [0.1, 0.15) is 27.6 Å². The van der Waals surface area contributed by atoms with Crippen molar-refractivity contribution in [3.05, 3.63) is 53.6 Å². The molecule has 0 radical (unpaired) electrons. The minimum absolute atomic E-state index is 0.255. The maximum atomic E-state index is 12.9. The highest BCUT2D eigenvalue weighted by Gasteiger charge is 2.22.